The molecule has 0 saturated carbocycles. The largest absolute Gasteiger partial charge is 0.508 e. The van der Waals surface area contributed by atoms with E-state index in [-0.39, 0.29) is 30.9 Å². The van der Waals surface area contributed by atoms with Gasteiger partial charge in [-0.05, 0) is 55.9 Å². The maximum atomic E-state index is 13.0. The Morgan fingerprint density at radius 2 is 1.45 bits per heavy atom. The van der Waals surface area contributed by atoms with E-state index in [1.807, 2.05) is 13.8 Å². The highest BCUT2D eigenvalue weighted by Gasteiger charge is 2.31. The lowest BCUT2D eigenvalue weighted by atomic mass is 9.92. The number of phenolic OH excluding ortho intramolecular Hbond substituents is 1. The number of nitrogens with two attached hydrogens (primary N) is 1. The van der Waals surface area contributed by atoms with Gasteiger partial charge in [-0.25, -0.2) is 4.79 Å². The van der Waals surface area contributed by atoms with Gasteiger partial charge in [-0.15, -0.1) is 0 Å². The van der Waals surface area contributed by atoms with Gasteiger partial charge in [0.05, 0.1) is 12.1 Å². The highest BCUT2D eigenvalue weighted by atomic mass is 16.4. The zero-order valence-electron chi connectivity index (χ0n) is 24.3. The van der Waals surface area contributed by atoms with Crippen LogP contribution in [0.4, 0.5) is 0 Å². The molecule has 4 amide bonds. The van der Waals surface area contributed by atoms with Gasteiger partial charge in [0.15, 0.2) is 0 Å². The number of carbonyl (C=O) groups excluding carboxylic acids is 4. The Morgan fingerprint density at radius 3 is 2.02 bits per heavy atom. The second kappa shape index (κ2) is 15.5. The minimum Gasteiger partial charge on any atom is -0.508 e. The Bertz CT molecular complexity index is 1230. The number of benzene rings is 2. The molecule has 0 aliphatic heterocycles. The Morgan fingerprint density at radius 1 is 0.833 bits per heavy atom. The molecule has 12 nitrogen and oxygen atoms in total. The zero-order valence-corrected chi connectivity index (χ0v) is 24.3. The van der Waals surface area contributed by atoms with Gasteiger partial charge < -0.3 is 37.2 Å². The van der Waals surface area contributed by atoms with Crippen LogP contribution in [0.5, 0.6) is 5.75 Å². The van der Waals surface area contributed by atoms with Crippen LogP contribution in [0.25, 0.3) is 0 Å². The minimum atomic E-state index is -1.36. The molecule has 2 aromatic carbocycles. The number of aliphatic carboxylic acids is 1. The molecule has 0 fully saturated rings. The lowest BCUT2D eigenvalue weighted by Gasteiger charge is -2.26. The van der Waals surface area contributed by atoms with E-state index in [4.69, 9.17) is 5.73 Å². The first-order valence-corrected chi connectivity index (χ1v) is 13.7. The van der Waals surface area contributed by atoms with Gasteiger partial charge in [0.1, 0.15) is 23.9 Å². The average molecular weight is 584 g/mol. The molecule has 42 heavy (non-hydrogen) atoms. The number of aromatic hydroxyl groups is 1. The standard InChI is InChI=1S/C30H41N5O7/c1-18(2)14-24(28(40)41)35-27(39)23(15-20-8-6-5-7-9-20)34-25(37)17-32-26(38)19(3)33-29(42)30(4,31)16-21-10-12-22(36)13-11-21/h5-13,18-19,23-24,36H,14-17,31H2,1-4H3,(H,32,38)(H,33,42)(H,34,37)(H,35,39)(H,40,41)/t19-,23+,24+,30+/m0/s1. The Labute approximate surface area is 245 Å². The van der Waals surface area contributed by atoms with Crippen molar-refractivity contribution in [2.24, 2.45) is 11.7 Å². The smallest absolute Gasteiger partial charge is 0.326 e. The van der Waals surface area contributed by atoms with Crippen LogP contribution in [0, 0.1) is 5.92 Å². The molecule has 0 spiro atoms. The van der Waals surface area contributed by atoms with Crippen LogP contribution in [-0.4, -0.2) is 70.0 Å². The zero-order chi connectivity index (χ0) is 31.4. The van der Waals surface area contributed by atoms with E-state index in [1.165, 1.54) is 26.0 Å². The van der Waals surface area contributed by atoms with Crippen LogP contribution in [0.15, 0.2) is 54.6 Å². The second-order valence-corrected chi connectivity index (χ2v) is 11.0. The first kappa shape index (κ1) is 33.8. The highest BCUT2D eigenvalue weighted by Crippen LogP contribution is 2.15. The number of nitrogens with one attached hydrogen (secondary N) is 4. The van der Waals surface area contributed by atoms with Crippen molar-refractivity contribution in [1.82, 2.24) is 21.3 Å². The predicted molar refractivity (Wildman–Crippen MR) is 156 cm³/mol. The third-order valence-electron chi connectivity index (χ3n) is 6.45. The number of hydrogen-bond donors (Lipinski definition) is 7. The summed E-state index contributed by atoms with van der Waals surface area (Å²) in [6.45, 7) is 6.14. The van der Waals surface area contributed by atoms with Crippen LogP contribution in [0.2, 0.25) is 0 Å². The number of carboxylic acid groups (broad SMARTS) is 1. The van der Waals surface area contributed by atoms with Gasteiger partial charge in [-0.1, -0.05) is 56.3 Å². The molecule has 0 aromatic heterocycles. The summed E-state index contributed by atoms with van der Waals surface area (Å²) < 4.78 is 0. The molecule has 0 radical (unpaired) electrons. The van der Waals surface area contributed by atoms with E-state index >= 15 is 0 Å². The average Bonchev–Trinajstić information content (AvgIpc) is 2.92. The van der Waals surface area contributed by atoms with Crippen molar-refractivity contribution in [3.63, 3.8) is 0 Å². The fraction of sp³-hybridized carbons (Fsp3) is 0.433. The van der Waals surface area contributed by atoms with E-state index in [0.29, 0.717) is 0 Å². The van der Waals surface area contributed by atoms with Crippen molar-refractivity contribution in [2.45, 2.75) is 70.6 Å². The van der Waals surface area contributed by atoms with E-state index in [2.05, 4.69) is 21.3 Å². The summed E-state index contributed by atoms with van der Waals surface area (Å²) in [5, 5.41) is 29.0. The molecular formula is C30H41N5O7. The molecule has 2 aromatic rings. The van der Waals surface area contributed by atoms with Crippen LogP contribution < -0.4 is 27.0 Å². The molecule has 228 valence electrons. The van der Waals surface area contributed by atoms with E-state index in [1.54, 1.807) is 42.5 Å². The van der Waals surface area contributed by atoms with Crippen molar-refractivity contribution in [1.29, 1.82) is 0 Å². The molecule has 2 rings (SSSR count). The normalized spacial score (nSPS) is 14.5. The lowest BCUT2D eigenvalue weighted by molar-refractivity contribution is -0.142. The number of rotatable bonds is 15. The highest BCUT2D eigenvalue weighted by molar-refractivity contribution is 5.94. The second-order valence-electron chi connectivity index (χ2n) is 11.0. The lowest BCUT2D eigenvalue weighted by Crippen LogP contribution is -2.58. The van der Waals surface area contributed by atoms with Crippen molar-refractivity contribution in [3.8, 4) is 5.75 Å². The van der Waals surface area contributed by atoms with Gasteiger partial charge >= 0.3 is 5.97 Å². The molecule has 0 aliphatic rings. The summed E-state index contributed by atoms with van der Waals surface area (Å²) in [5.41, 5.74) is 6.28. The van der Waals surface area contributed by atoms with E-state index < -0.39 is 59.8 Å². The molecular weight excluding hydrogens is 542 g/mol. The molecule has 0 aliphatic carbocycles. The van der Waals surface area contributed by atoms with Crippen LogP contribution >= 0.6 is 0 Å². The SMILES string of the molecule is CC(C)C[C@@H](NC(=O)[C@@H](Cc1ccccc1)NC(=O)CNC(=O)[C@H](C)NC(=O)[C@](C)(N)Cc1ccc(O)cc1)C(=O)O. The van der Waals surface area contributed by atoms with Gasteiger partial charge in [-0.3, -0.25) is 19.2 Å². The molecule has 0 unspecified atom stereocenters. The molecule has 12 heteroatoms. The first-order chi connectivity index (χ1) is 19.7. The molecule has 0 bridgehead atoms. The molecule has 0 heterocycles. The molecule has 8 N–H and O–H groups in total. The van der Waals surface area contributed by atoms with Crippen molar-refractivity contribution >= 4 is 29.6 Å². The van der Waals surface area contributed by atoms with Crippen molar-refractivity contribution in [3.05, 3.63) is 65.7 Å². The Kier molecular flexibility index (Phi) is 12.5. The maximum Gasteiger partial charge on any atom is 0.326 e. The number of phenols is 1. The van der Waals surface area contributed by atoms with E-state index in [9.17, 15) is 34.2 Å². The summed E-state index contributed by atoms with van der Waals surface area (Å²) in [6.07, 6.45) is 0.465. The summed E-state index contributed by atoms with van der Waals surface area (Å²) in [5.74, 6) is -3.66. The topological polar surface area (TPSA) is 200 Å². The number of carboxylic acids is 1. The summed E-state index contributed by atoms with van der Waals surface area (Å²) in [6, 6.07) is 11.9. The Balaban J connectivity index is 1.97. The summed E-state index contributed by atoms with van der Waals surface area (Å²) in [7, 11) is 0. The van der Waals surface area contributed by atoms with E-state index in [0.717, 1.165) is 11.1 Å². The van der Waals surface area contributed by atoms with Crippen molar-refractivity contribution in [2.75, 3.05) is 6.54 Å². The van der Waals surface area contributed by atoms with Gasteiger partial charge in [0, 0.05) is 6.42 Å². The predicted octanol–water partition coefficient (Wildman–Crippen LogP) is 0.616. The monoisotopic (exact) mass is 583 g/mol. The number of hydrogen-bond acceptors (Lipinski definition) is 7. The minimum absolute atomic E-state index is 0.0104. The number of carbonyl (C=O) groups is 5. The fourth-order valence-electron chi connectivity index (χ4n) is 4.14. The van der Waals surface area contributed by atoms with Crippen LogP contribution in [0.1, 0.15) is 45.2 Å². The van der Waals surface area contributed by atoms with Gasteiger partial charge in [-0.2, -0.15) is 0 Å². The summed E-state index contributed by atoms with van der Waals surface area (Å²) in [4.78, 5) is 62.8. The van der Waals surface area contributed by atoms with Crippen LogP contribution in [-0.2, 0) is 36.8 Å². The third-order valence-corrected chi connectivity index (χ3v) is 6.45. The van der Waals surface area contributed by atoms with Crippen LogP contribution in [0.3, 0.4) is 0 Å². The fourth-order valence-corrected chi connectivity index (χ4v) is 4.14. The third kappa shape index (κ3) is 11.2. The Hall–Kier alpha value is -4.45. The van der Waals surface area contributed by atoms with Gasteiger partial charge in [0.25, 0.3) is 0 Å². The quantitative estimate of drug-likeness (QED) is 0.158. The van der Waals surface area contributed by atoms with Crippen molar-refractivity contribution < 1.29 is 34.2 Å². The molecule has 4 atom stereocenters. The maximum absolute atomic E-state index is 13.0. The first-order valence-electron chi connectivity index (χ1n) is 13.7. The number of amides is 4. The molecule has 0 saturated heterocycles. The van der Waals surface area contributed by atoms with Gasteiger partial charge in [0.2, 0.25) is 23.6 Å². The summed E-state index contributed by atoms with van der Waals surface area (Å²) >= 11 is 0.